The van der Waals surface area contributed by atoms with E-state index in [1.807, 2.05) is 0 Å². The molecule has 21 heavy (non-hydrogen) atoms. The molecule has 0 amide bonds. The molecule has 0 saturated heterocycles. The van der Waals surface area contributed by atoms with Gasteiger partial charge in [0.05, 0.1) is 5.69 Å². The third-order valence-corrected chi connectivity index (χ3v) is 7.33. The van der Waals surface area contributed by atoms with Crippen LogP contribution < -0.4 is 10.5 Å². The van der Waals surface area contributed by atoms with E-state index in [0.717, 1.165) is 12.8 Å². The zero-order valence-electron chi connectivity index (χ0n) is 12.7. The minimum atomic E-state index is -3.56. The highest BCUT2D eigenvalue weighted by molar-refractivity contribution is 8.00. The summed E-state index contributed by atoms with van der Waals surface area (Å²) in [4.78, 5) is 0.220. The minimum absolute atomic E-state index is 0.0305. The van der Waals surface area contributed by atoms with Crippen LogP contribution >= 0.6 is 11.8 Å². The van der Waals surface area contributed by atoms with Crippen molar-refractivity contribution in [3.05, 3.63) is 23.8 Å². The van der Waals surface area contributed by atoms with Gasteiger partial charge in [0.25, 0.3) is 0 Å². The average molecular weight is 329 g/mol. The van der Waals surface area contributed by atoms with Crippen molar-refractivity contribution >= 4 is 27.5 Å². The number of thioether (sulfide) groups is 1. The van der Waals surface area contributed by atoms with Crippen LogP contribution in [0.2, 0.25) is 0 Å². The van der Waals surface area contributed by atoms with Gasteiger partial charge in [-0.3, -0.25) is 0 Å². The Balaban J connectivity index is 2.18. The minimum Gasteiger partial charge on any atom is -0.398 e. The van der Waals surface area contributed by atoms with Crippen molar-refractivity contribution in [3.8, 4) is 0 Å². The molecule has 0 aliphatic heterocycles. The third kappa shape index (κ3) is 3.73. The Bertz CT molecular complexity index is 573. The van der Waals surface area contributed by atoms with Crippen LogP contribution in [0.5, 0.6) is 0 Å². The van der Waals surface area contributed by atoms with Crippen molar-refractivity contribution in [3.63, 3.8) is 0 Å². The smallest absolute Gasteiger partial charge is 0.242 e. The molecule has 1 aromatic carbocycles. The van der Waals surface area contributed by atoms with Gasteiger partial charge in [0.1, 0.15) is 4.90 Å². The molecule has 1 aliphatic rings. The molecular weight excluding hydrogens is 304 g/mol. The highest BCUT2D eigenvalue weighted by atomic mass is 32.2. The van der Waals surface area contributed by atoms with Gasteiger partial charge in [0.15, 0.2) is 0 Å². The maximum Gasteiger partial charge on any atom is 0.242 e. The molecule has 6 heteroatoms. The predicted molar refractivity (Wildman–Crippen MR) is 90.1 cm³/mol. The summed E-state index contributed by atoms with van der Waals surface area (Å²) in [6.07, 6.45) is 7.81. The second kappa shape index (κ2) is 6.58. The summed E-state index contributed by atoms with van der Waals surface area (Å²) in [5.74, 6) is 0. The van der Waals surface area contributed by atoms with Gasteiger partial charge in [0, 0.05) is 11.3 Å². The molecule has 1 aromatic rings. The van der Waals surface area contributed by atoms with E-state index in [2.05, 4.69) is 11.0 Å². The number of anilines is 1. The molecule has 1 fully saturated rings. The van der Waals surface area contributed by atoms with Gasteiger partial charge >= 0.3 is 0 Å². The Labute approximate surface area is 131 Å². The first-order chi connectivity index (χ1) is 9.90. The van der Waals surface area contributed by atoms with E-state index >= 15 is 0 Å². The number of nitrogens with one attached hydrogen (secondary N) is 1. The molecule has 2 rings (SSSR count). The molecular formula is C15H24N2O2S2. The van der Waals surface area contributed by atoms with Gasteiger partial charge in [0.2, 0.25) is 10.0 Å². The topological polar surface area (TPSA) is 72.2 Å². The quantitative estimate of drug-likeness (QED) is 0.815. The second-order valence-electron chi connectivity index (χ2n) is 5.77. The van der Waals surface area contributed by atoms with Crippen molar-refractivity contribution in [2.24, 2.45) is 0 Å². The van der Waals surface area contributed by atoms with Crippen LogP contribution in [0.25, 0.3) is 0 Å². The number of nitrogen functional groups attached to an aromatic ring is 1. The van der Waals surface area contributed by atoms with E-state index in [1.54, 1.807) is 36.9 Å². The average Bonchev–Trinajstić information content (AvgIpc) is 2.46. The van der Waals surface area contributed by atoms with Crippen molar-refractivity contribution in [1.29, 1.82) is 0 Å². The van der Waals surface area contributed by atoms with Crippen LogP contribution in [0.1, 0.15) is 37.7 Å². The normalized spacial score (nSPS) is 18.6. The van der Waals surface area contributed by atoms with E-state index in [-0.39, 0.29) is 9.64 Å². The van der Waals surface area contributed by atoms with Gasteiger partial charge < -0.3 is 5.73 Å². The van der Waals surface area contributed by atoms with Gasteiger partial charge in [-0.1, -0.05) is 31.4 Å². The lowest BCUT2D eigenvalue weighted by Gasteiger charge is -2.35. The summed E-state index contributed by atoms with van der Waals surface area (Å²) in [6.45, 7) is 2.25. The Kier molecular flexibility index (Phi) is 5.22. The maximum atomic E-state index is 12.6. The van der Waals surface area contributed by atoms with E-state index in [0.29, 0.717) is 17.8 Å². The second-order valence-corrected chi connectivity index (χ2v) is 8.74. The third-order valence-electron chi connectivity index (χ3n) is 4.29. The van der Waals surface area contributed by atoms with E-state index in [9.17, 15) is 8.42 Å². The summed E-state index contributed by atoms with van der Waals surface area (Å²) in [5, 5.41) is 0. The predicted octanol–water partition coefficient (Wildman–Crippen LogP) is 2.92. The van der Waals surface area contributed by atoms with Crippen molar-refractivity contribution in [1.82, 2.24) is 4.72 Å². The summed E-state index contributed by atoms with van der Waals surface area (Å²) in [7, 11) is -3.56. The molecule has 0 radical (unpaired) electrons. The monoisotopic (exact) mass is 328 g/mol. The summed E-state index contributed by atoms with van der Waals surface area (Å²) >= 11 is 1.78. The first kappa shape index (κ1) is 16.6. The Hall–Kier alpha value is -0.720. The number of hydrogen-bond donors (Lipinski definition) is 2. The molecule has 3 N–H and O–H groups in total. The summed E-state index contributed by atoms with van der Waals surface area (Å²) in [6, 6.07) is 5.18. The van der Waals surface area contributed by atoms with Crippen molar-refractivity contribution in [2.75, 3.05) is 18.5 Å². The summed E-state index contributed by atoms with van der Waals surface area (Å²) < 4.78 is 28.0. The Morgan fingerprint density at radius 3 is 2.52 bits per heavy atom. The van der Waals surface area contributed by atoms with Crippen molar-refractivity contribution < 1.29 is 8.42 Å². The van der Waals surface area contributed by atoms with Crippen LogP contribution in [-0.2, 0) is 10.0 Å². The van der Waals surface area contributed by atoms with Gasteiger partial charge in [-0.2, -0.15) is 11.8 Å². The summed E-state index contributed by atoms with van der Waals surface area (Å²) in [5.41, 5.74) is 6.85. The molecule has 0 unspecified atom stereocenters. The number of rotatable bonds is 5. The molecule has 0 heterocycles. The Morgan fingerprint density at radius 2 is 1.95 bits per heavy atom. The van der Waals surface area contributed by atoms with Gasteiger partial charge in [-0.05, 0) is 37.7 Å². The molecule has 0 spiro atoms. The fraction of sp³-hybridized carbons (Fsp3) is 0.600. The molecule has 0 bridgehead atoms. The molecule has 0 aromatic heterocycles. The highest BCUT2D eigenvalue weighted by Gasteiger charge is 2.33. The zero-order valence-corrected chi connectivity index (χ0v) is 14.3. The van der Waals surface area contributed by atoms with E-state index in [4.69, 9.17) is 5.73 Å². The van der Waals surface area contributed by atoms with Crippen LogP contribution in [0, 0.1) is 6.92 Å². The van der Waals surface area contributed by atoms with Gasteiger partial charge in [-0.15, -0.1) is 0 Å². The van der Waals surface area contributed by atoms with Crippen LogP contribution in [0.15, 0.2) is 23.1 Å². The molecule has 4 nitrogen and oxygen atoms in total. The lowest BCUT2D eigenvalue weighted by Crippen LogP contribution is -2.42. The number of aryl methyl sites for hydroxylation is 1. The van der Waals surface area contributed by atoms with E-state index < -0.39 is 10.0 Å². The van der Waals surface area contributed by atoms with Crippen LogP contribution in [-0.4, -0.2) is 26.0 Å². The standard InChI is InChI=1S/C15H24N2O2S2/c1-12-7-6-8-13(16)14(12)21(18,19)17-11-15(20-2)9-4-3-5-10-15/h6-8,17H,3-5,9-11,16H2,1-2H3. The largest absolute Gasteiger partial charge is 0.398 e. The van der Waals surface area contributed by atoms with E-state index in [1.165, 1.54) is 19.3 Å². The lowest BCUT2D eigenvalue weighted by atomic mass is 9.88. The SMILES string of the molecule is CSC1(CNS(=O)(=O)c2c(C)cccc2N)CCCCC1. The van der Waals surface area contributed by atoms with Crippen molar-refractivity contribution in [2.45, 2.75) is 48.7 Å². The lowest BCUT2D eigenvalue weighted by molar-refractivity contribution is 0.395. The molecule has 1 aliphatic carbocycles. The van der Waals surface area contributed by atoms with Crippen LogP contribution in [0.3, 0.4) is 0 Å². The number of sulfonamides is 1. The maximum absolute atomic E-state index is 12.6. The highest BCUT2D eigenvalue weighted by Crippen LogP contribution is 2.38. The van der Waals surface area contributed by atoms with Gasteiger partial charge in [-0.25, -0.2) is 13.1 Å². The first-order valence-electron chi connectivity index (χ1n) is 7.30. The Morgan fingerprint density at radius 1 is 1.29 bits per heavy atom. The number of hydrogen-bond acceptors (Lipinski definition) is 4. The fourth-order valence-electron chi connectivity index (χ4n) is 2.99. The number of benzene rings is 1. The zero-order chi connectivity index (χ0) is 15.5. The molecule has 118 valence electrons. The molecule has 0 atom stereocenters. The fourth-order valence-corrected chi connectivity index (χ4v) is 5.48. The first-order valence-corrected chi connectivity index (χ1v) is 10.0. The number of nitrogens with two attached hydrogens (primary N) is 1. The van der Waals surface area contributed by atoms with Crippen LogP contribution in [0.4, 0.5) is 5.69 Å². The molecule has 1 saturated carbocycles.